The molecule has 1 saturated carbocycles. The number of hydrogen-bond acceptors (Lipinski definition) is 1. The summed E-state index contributed by atoms with van der Waals surface area (Å²) in [5.74, 6) is 1.28. The summed E-state index contributed by atoms with van der Waals surface area (Å²) in [7, 11) is 0. The summed E-state index contributed by atoms with van der Waals surface area (Å²) in [6, 6.07) is 0. The first-order chi connectivity index (χ1) is 4.84. The first-order valence-electron chi connectivity index (χ1n) is 4.08. The van der Waals surface area contributed by atoms with Gasteiger partial charge in [0.2, 0.25) is 0 Å². The van der Waals surface area contributed by atoms with Gasteiger partial charge in [-0.05, 0) is 31.6 Å². The van der Waals surface area contributed by atoms with Crippen molar-refractivity contribution in [2.24, 2.45) is 5.92 Å². The third-order valence-corrected chi connectivity index (χ3v) is 2.59. The van der Waals surface area contributed by atoms with Crippen molar-refractivity contribution in [3.05, 3.63) is 0 Å². The molecule has 0 aliphatic heterocycles. The molecule has 0 radical (unpaired) electrons. The van der Waals surface area contributed by atoms with E-state index in [9.17, 15) is 5.11 Å². The molecule has 0 aromatic carbocycles. The van der Waals surface area contributed by atoms with Gasteiger partial charge in [-0.25, -0.2) is 0 Å². The molecule has 1 aliphatic carbocycles. The number of halogens is 1. The Bertz CT molecular complexity index is 91.3. The zero-order valence-electron chi connectivity index (χ0n) is 6.22. The quantitative estimate of drug-likeness (QED) is 0.629. The highest BCUT2D eigenvalue weighted by Crippen LogP contribution is 2.31. The lowest BCUT2D eigenvalue weighted by Crippen LogP contribution is -2.26. The second-order valence-corrected chi connectivity index (χ2v) is 3.47. The molecule has 0 spiro atoms. The van der Waals surface area contributed by atoms with Crippen LogP contribution in [0.5, 0.6) is 0 Å². The molecule has 60 valence electrons. The second-order valence-electron chi connectivity index (χ2n) is 3.09. The molecular weight excluding hydrogens is 148 g/mol. The molecule has 0 bridgehead atoms. The zero-order valence-corrected chi connectivity index (χ0v) is 6.98. The van der Waals surface area contributed by atoms with Gasteiger partial charge in [0.25, 0.3) is 0 Å². The Morgan fingerprint density at radius 3 is 2.60 bits per heavy atom. The van der Waals surface area contributed by atoms with E-state index in [0.29, 0.717) is 11.8 Å². The molecule has 1 unspecified atom stereocenters. The van der Waals surface area contributed by atoms with Crippen molar-refractivity contribution in [1.29, 1.82) is 0 Å². The molecule has 1 rings (SSSR count). The van der Waals surface area contributed by atoms with Crippen LogP contribution in [0.15, 0.2) is 0 Å². The molecule has 1 N–H and O–H groups in total. The summed E-state index contributed by atoms with van der Waals surface area (Å²) in [5, 5.41) is 9.44. The van der Waals surface area contributed by atoms with Crippen molar-refractivity contribution >= 4 is 11.6 Å². The third-order valence-electron chi connectivity index (χ3n) is 2.33. The predicted octanol–water partition coefficient (Wildman–Crippen LogP) is 2.17. The molecule has 2 heteroatoms. The van der Waals surface area contributed by atoms with Gasteiger partial charge in [0.1, 0.15) is 0 Å². The fraction of sp³-hybridized carbons (Fsp3) is 1.00. The van der Waals surface area contributed by atoms with Crippen molar-refractivity contribution in [2.45, 2.75) is 38.2 Å². The van der Waals surface area contributed by atoms with Crippen LogP contribution in [0.25, 0.3) is 0 Å². The van der Waals surface area contributed by atoms with Crippen LogP contribution < -0.4 is 0 Å². The molecule has 1 aliphatic rings. The standard InChI is InChI=1S/C8H15ClO/c9-6-2-5-8(10)7-3-1-4-7/h7-8,10H,1-6H2. The van der Waals surface area contributed by atoms with E-state index in [4.69, 9.17) is 11.6 Å². The first kappa shape index (κ1) is 8.35. The SMILES string of the molecule is OC(CCCCl)C1CCC1. The van der Waals surface area contributed by atoms with Gasteiger partial charge in [-0.3, -0.25) is 0 Å². The van der Waals surface area contributed by atoms with Gasteiger partial charge in [0.15, 0.2) is 0 Å². The second kappa shape index (κ2) is 4.20. The van der Waals surface area contributed by atoms with E-state index >= 15 is 0 Å². The summed E-state index contributed by atoms with van der Waals surface area (Å²) in [6.45, 7) is 0. The number of rotatable bonds is 4. The largest absolute Gasteiger partial charge is 0.393 e. The number of hydrogen-bond donors (Lipinski definition) is 1. The molecule has 1 nitrogen and oxygen atoms in total. The first-order valence-corrected chi connectivity index (χ1v) is 4.62. The van der Waals surface area contributed by atoms with Gasteiger partial charge < -0.3 is 5.11 Å². The summed E-state index contributed by atoms with van der Waals surface area (Å²) in [4.78, 5) is 0. The Labute approximate surface area is 67.4 Å². The molecule has 0 aromatic rings. The van der Waals surface area contributed by atoms with Crippen molar-refractivity contribution in [2.75, 3.05) is 5.88 Å². The maximum atomic E-state index is 9.44. The van der Waals surface area contributed by atoms with Crippen LogP contribution >= 0.6 is 11.6 Å². The zero-order chi connectivity index (χ0) is 7.40. The van der Waals surface area contributed by atoms with Crippen molar-refractivity contribution in [3.63, 3.8) is 0 Å². The molecule has 0 heterocycles. The lowest BCUT2D eigenvalue weighted by molar-refractivity contribution is 0.0554. The number of aliphatic hydroxyl groups excluding tert-OH is 1. The van der Waals surface area contributed by atoms with Crippen molar-refractivity contribution in [3.8, 4) is 0 Å². The van der Waals surface area contributed by atoms with Crippen LogP contribution in [0.3, 0.4) is 0 Å². The maximum Gasteiger partial charge on any atom is 0.0568 e. The van der Waals surface area contributed by atoms with E-state index in [1.807, 2.05) is 0 Å². The van der Waals surface area contributed by atoms with Gasteiger partial charge >= 0.3 is 0 Å². The molecule has 0 saturated heterocycles. The molecule has 10 heavy (non-hydrogen) atoms. The Kier molecular flexibility index (Phi) is 3.50. The minimum absolute atomic E-state index is 0.0625. The monoisotopic (exact) mass is 162 g/mol. The predicted molar refractivity (Wildman–Crippen MR) is 43.3 cm³/mol. The molecular formula is C8H15ClO. The molecule has 1 atom stereocenters. The van der Waals surface area contributed by atoms with Gasteiger partial charge in [-0.15, -0.1) is 11.6 Å². The van der Waals surface area contributed by atoms with Crippen molar-refractivity contribution in [1.82, 2.24) is 0 Å². The summed E-state index contributed by atoms with van der Waals surface area (Å²) in [5.41, 5.74) is 0. The summed E-state index contributed by atoms with van der Waals surface area (Å²) < 4.78 is 0. The summed E-state index contributed by atoms with van der Waals surface area (Å²) >= 11 is 5.50. The van der Waals surface area contributed by atoms with Crippen LogP contribution in [0.2, 0.25) is 0 Å². The van der Waals surface area contributed by atoms with Gasteiger partial charge in [-0.2, -0.15) is 0 Å². The van der Waals surface area contributed by atoms with Crippen LogP contribution in [0.4, 0.5) is 0 Å². The minimum Gasteiger partial charge on any atom is -0.393 e. The van der Waals surface area contributed by atoms with Gasteiger partial charge in [0, 0.05) is 5.88 Å². The van der Waals surface area contributed by atoms with E-state index in [0.717, 1.165) is 12.8 Å². The van der Waals surface area contributed by atoms with E-state index in [2.05, 4.69) is 0 Å². The Morgan fingerprint density at radius 2 is 2.20 bits per heavy atom. The van der Waals surface area contributed by atoms with E-state index in [1.54, 1.807) is 0 Å². The average molecular weight is 163 g/mol. The van der Waals surface area contributed by atoms with E-state index in [-0.39, 0.29) is 6.10 Å². The topological polar surface area (TPSA) is 20.2 Å². The van der Waals surface area contributed by atoms with Crippen molar-refractivity contribution < 1.29 is 5.11 Å². The fourth-order valence-electron chi connectivity index (χ4n) is 1.35. The highest BCUT2D eigenvalue weighted by Gasteiger charge is 2.24. The Hall–Kier alpha value is 0.250. The number of alkyl halides is 1. The Morgan fingerprint density at radius 1 is 1.50 bits per heavy atom. The highest BCUT2D eigenvalue weighted by molar-refractivity contribution is 6.17. The molecule has 0 amide bonds. The normalized spacial score (nSPS) is 22.2. The third kappa shape index (κ3) is 2.14. The average Bonchev–Trinajstić information content (AvgIpc) is 1.79. The van der Waals surface area contributed by atoms with Crippen LogP contribution in [0, 0.1) is 5.92 Å². The smallest absolute Gasteiger partial charge is 0.0568 e. The lowest BCUT2D eigenvalue weighted by Gasteiger charge is -2.30. The minimum atomic E-state index is -0.0625. The van der Waals surface area contributed by atoms with Crippen LogP contribution in [-0.2, 0) is 0 Å². The van der Waals surface area contributed by atoms with Crippen LogP contribution in [-0.4, -0.2) is 17.1 Å². The molecule has 1 fully saturated rings. The maximum absolute atomic E-state index is 9.44. The summed E-state index contributed by atoms with van der Waals surface area (Å²) in [6.07, 6.45) is 5.55. The van der Waals surface area contributed by atoms with E-state index < -0.39 is 0 Å². The fourth-order valence-corrected chi connectivity index (χ4v) is 1.50. The Balaban J connectivity index is 2.02. The van der Waals surface area contributed by atoms with Crippen LogP contribution in [0.1, 0.15) is 32.1 Å². The van der Waals surface area contributed by atoms with Gasteiger partial charge in [0.05, 0.1) is 6.10 Å². The number of aliphatic hydroxyl groups is 1. The lowest BCUT2D eigenvalue weighted by atomic mass is 9.80. The van der Waals surface area contributed by atoms with Gasteiger partial charge in [-0.1, -0.05) is 6.42 Å². The highest BCUT2D eigenvalue weighted by atomic mass is 35.5. The van der Waals surface area contributed by atoms with E-state index in [1.165, 1.54) is 19.3 Å². The molecule has 0 aromatic heterocycles.